The summed E-state index contributed by atoms with van der Waals surface area (Å²) in [5.74, 6) is -0.198. The van der Waals surface area contributed by atoms with Crippen LogP contribution < -0.4 is 5.32 Å². The lowest BCUT2D eigenvalue weighted by Gasteiger charge is -2.05. The van der Waals surface area contributed by atoms with Gasteiger partial charge in [-0.05, 0) is 6.42 Å². The maximum Gasteiger partial charge on any atom is 0.389 e. The zero-order chi connectivity index (χ0) is 11.0. The van der Waals surface area contributed by atoms with Gasteiger partial charge < -0.3 is 5.32 Å². The fourth-order valence-corrected chi connectivity index (χ4v) is 0.888. The molecule has 0 heterocycles. The predicted octanol–water partition coefficient (Wildman–Crippen LogP) is 2.06. The SMILES string of the molecule is C=CCNCC(=O)CCCC(F)(F)F. The Morgan fingerprint density at radius 2 is 2.07 bits per heavy atom. The molecule has 2 nitrogen and oxygen atoms in total. The fraction of sp³-hybridized carbons (Fsp3) is 0.667. The molecule has 0 aromatic rings. The number of hydrogen-bond donors (Lipinski definition) is 1. The van der Waals surface area contributed by atoms with Crippen molar-refractivity contribution in [2.24, 2.45) is 0 Å². The summed E-state index contributed by atoms with van der Waals surface area (Å²) in [5, 5.41) is 2.73. The molecule has 14 heavy (non-hydrogen) atoms. The van der Waals surface area contributed by atoms with E-state index in [-0.39, 0.29) is 25.2 Å². The van der Waals surface area contributed by atoms with Gasteiger partial charge in [-0.3, -0.25) is 4.79 Å². The molecule has 0 amide bonds. The third kappa shape index (κ3) is 9.25. The molecule has 0 aliphatic heterocycles. The monoisotopic (exact) mass is 209 g/mol. The third-order valence-electron chi connectivity index (χ3n) is 1.53. The Hall–Kier alpha value is -0.840. The van der Waals surface area contributed by atoms with Crippen LogP contribution in [0.1, 0.15) is 19.3 Å². The zero-order valence-corrected chi connectivity index (χ0v) is 7.86. The summed E-state index contributed by atoms with van der Waals surface area (Å²) in [5.41, 5.74) is 0. The van der Waals surface area contributed by atoms with Crippen molar-refractivity contribution in [2.75, 3.05) is 13.1 Å². The number of hydrogen-bond acceptors (Lipinski definition) is 2. The molecule has 0 bridgehead atoms. The molecule has 0 radical (unpaired) electrons. The molecule has 1 N–H and O–H groups in total. The van der Waals surface area contributed by atoms with Crippen LogP contribution in [-0.2, 0) is 4.79 Å². The topological polar surface area (TPSA) is 29.1 Å². The van der Waals surface area contributed by atoms with Crippen LogP contribution >= 0.6 is 0 Å². The highest BCUT2D eigenvalue weighted by molar-refractivity contribution is 5.80. The van der Waals surface area contributed by atoms with Crippen molar-refractivity contribution in [1.29, 1.82) is 0 Å². The van der Waals surface area contributed by atoms with Crippen LogP contribution in [0.2, 0.25) is 0 Å². The molecular formula is C9H14F3NO. The van der Waals surface area contributed by atoms with E-state index < -0.39 is 12.6 Å². The first kappa shape index (κ1) is 13.2. The van der Waals surface area contributed by atoms with Crippen LogP contribution in [0, 0.1) is 0 Å². The highest BCUT2D eigenvalue weighted by Gasteiger charge is 2.26. The highest BCUT2D eigenvalue weighted by Crippen LogP contribution is 2.21. The quantitative estimate of drug-likeness (QED) is 0.513. The maximum atomic E-state index is 11.7. The molecule has 0 saturated heterocycles. The van der Waals surface area contributed by atoms with E-state index in [1.807, 2.05) is 0 Å². The first-order chi connectivity index (χ1) is 6.45. The van der Waals surface area contributed by atoms with Gasteiger partial charge in [0, 0.05) is 19.4 Å². The van der Waals surface area contributed by atoms with Crippen LogP contribution in [0.15, 0.2) is 12.7 Å². The molecule has 5 heteroatoms. The minimum atomic E-state index is -4.16. The number of ketones is 1. The van der Waals surface area contributed by atoms with Crippen LogP contribution in [0.25, 0.3) is 0 Å². The van der Waals surface area contributed by atoms with Crippen LogP contribution in [0.4, 0.5) is 13.2 Å². The van der Waals surface area contributed by atoms with Gasteiger partial charge in [0.2, 0.25) is 0 Å². The van der Waals surface area contributed by atoms with Crippen LogP contribution in [0.3, 0.4) is 0 Å². The molecule has 0 aliphatic rings. The number of carbonyl (C=O) groups is 1. The Kier molecular flexibility index (Phi) is 6.19. The number of alkyl halides is 3. The second-order valence-corrected chi connectivity index (χ2v) is 2.93. The minimum absolute atomic E-state index is 0.0242. The van der Waals surface area contributed by atoms with Crippen LogP contribution in [0.5, 0.6) is 0 Å². The lowest BCUT2D eigenvalue weighted by Crippen LogP contribution is -2.23. The van der Waals surface area contributed by atoms with E-state index in [0.29, 0.717) is 6.54 Å². The smallest absolute Gasteiger partial charge is 0.307 e. The molecule has 0 unspecified atom stereocenters. The molecule has 0 aliphatic carbocycles. The molecule has 82 valence electrons. The minimum Gasteiger partial charge on any atom is -0.307 e. The summed E-state index contributed by atoms with van der Waals surface area (Å²) in [6.07, 6.45) is -3.61. The average molecular weight is 209 g/mol. The number of halogens is 3. The van der Waals surface area contributed by atoms with Crippen molar-refractivity contribution in [3.8, 4) is 0 Å². The first-order valence-electron chi connectivity index (χ1n) is 4.36. The van der Waals surface area contributed by atoms with E-state index in [2.05, 4.69) is 11.9 Å². The number of nitrogens with one attached hydrogen (secondary N) is 1. The maximum absolute atomic E-state index is 11.7. The van der Waals surface area contributed by atoms with Crippen molar-refractivity contribution < 1.29 is 18.0 Å². The predicted molar refractivity (Wildman–Crippen MR) is 48.0 cm³/mol. The van der Waals surface area contributed by atoms with Crippen molar-refractivity contribution in [3.63, 3.8) is 0 Å². The third-order valence-corrected chi connectivity index (χ3v) is 1.53. The van der Waals surface area contributed by atoms with E-state index in [1.54, 1.807) is 6.08 Å². The number of rotatable bonds is 7. The highest BCUT2D eigenvalue weighted by atomic mass is 19.4. The van der Waals surface area contributed by atoms with Crippen molar-refractivity contribution >= 4 is 5.78 Å². The normalized spacial score (nSPS) is 11.4. The molecule has 0 spiro atoms. The summed E-state index contributed by atoms with van der Waals surface area (Å²) in [4.78, 5) is 10.9. The molecule has 0 saturated carbocycles. The standard InChI is InChI=1S/C9H14F3NO/c1-2-6-13-7-8(14)4-3-5-9(10,11)12/h2,13H,1,3-7H2. The average Bonchev–Trinajstić information content (AvgIpc) is 2.02. The van der Waals surface area contributed by atoms with E-state index in [1.165, 1.54) is 0 Å². The van der Waals surface area contributed by atoms with E-state index in [0.717, 1.165) is 0 Å². The van der Waals surface area contributed by atoms with E-state index in [9.17, 15) is 18.0 Å². The largest absolute Gasteiger partial charge is 0.389 e. The van der Waals surface area contributed by atoms with Gasteiger partial charge in [-0.25, -0.2) is 0 Å². The van der Waals surface area contributed by atoms with Crippen molar-refractivity contribution in [1.82, 2.24) is 5.32 Å². The molecule has 0 aromatic carbocycles. The molecule has 0 atom stereocenters. The van der Waals surface area contributed by atoms with Gasteiger partial charge in [-0.2, -0.15) is 13.2 Å². The molecular weight excluding hydrogens is 195 g/mol. The Balaban J connectivity index is 3.40. The van der Waals surface area contributed by atoms with Gasteiger partial charge in [0.25, 0.3) is 0 Å². The lowest BCUT2D eigenvalue weighted by atomic mass is 10.2. The second-order valence-electron chi connectivity index (χ2n) is 2.93. The van der Waals surface area contributed by atoms with Crippen molar-refractivity contribution in [2.45, 2.75) is 25.4 Å². The summed E-state index contributed by atoms with van der Waals surface area (Å²) >= 11 is 0. The molecule has 0 rings (SSSR count). The van der Waals surface area contributed by atoms with E-state index in [4.69, 9.17) is 0 Å². The first-order valence-corrected chi connectivity index (χ1v) is 4.36. The van der Waals surface area contributed by atoms with Gasteiger partial charge in [-0.1, -0.05) is 6.08 Å². The number of carbonyl (C=O) groups excluding carboxylic acids is 1. The Morgan fingerprint density at radius 3 is 2.57 bits per heavy atom. The van der Waals surface area contributed by atoms with Gasteiger partial charge in [-0.15, -0.1) is 6.58 Å². The Bertz CT molecular complexity index is 189. The molecule has 0 aromatic heterocycles. The fourth-order valence-electron chi connectivity index (χ4n) is 0.888. The van der Waals surface area contributed by atoms with Crippen LogP contribution in [-0.4, -0.2) is 25.0 Å². The number of Topliss-reactive ketones (excluding diaryl/α,β-unsaturated/α-hetero) is 1. The Morgan fingerprint density at radius 1 is 1.43 bits per heavy atom. The summed E-state index contributed by atoms with van der Waals surface area (Å²) in [6.45, 7) is 4.04. The second kappa shape index (κ2) is 6.59. The van der Waals surface area contributed by atoms with Gasteiger partial charge in [0.15, 0.2) is 0 Å². The summed E-state index contributed by atoms with van der Waals surface area (Å²) in [6, 6.07) is 0. The molecule has 0 fully saturated rings. The van der Waals surface area contributed by atoms with Gasteiger partial charge >= 0.3 is 6.18 Å². The van der Waals surface area contributed by atoms with Crippen molar-refractivity contribution in [3.05, 3.63) is 12.7 Å². The lowest BCUT2D eigenvalue weighted by molar-refractivity contribution is -0.137. The Labute approximate surface area is 81.2 Å². The zero-order valence-electron chi connectivity index (χ0n) is 7.86. The summed E-state index contributed by atoms with van der Waals surface area (Å²) in [7, 11) is 0. The summed E-state index contributed by atoms with van der Waals surface area (Å²) < 4.78 is 35.0. The van der Waals surface area contributed by atoms with E-state index >= 15 is 0 Å². The van der Waals surface area contributed by atoms with Gasteiger partial charge in [0.05, 0.1) is 6.54 Å². The van der Waals surface area contributed by atoms with Gasteiger partial charge in [0.1, 0.15) is 5.78 Å².